The van der Waals surface area contributed by atoms with Gasteiger partial charge in [-0.15, -0.1) is 0 Å². The van der Waals surface area contributed by atoms with E-state index in [-0.39, 0.29) is 0 Å². The van der Waals surface area contributed by atoms with Gasteiger partial charge in [-0.1, -0.05) is 33.6 Å². The molecule has 1 heterocycles. The van der Waals surface area contributed by atoms with Crippen molar-refractivity contribution in [1.82, 2.24) is 0 Å². The van der Waals surface area contributed by atoms with Crippen molar-refractivity contribution in [3.63, 3.8) is 0 Å². The van der Waals surface area contributed by atoms with Crippen molar-refractivity contribution in [2.45, 2.75) is 13.0 Å². The standard InChI is InChI=1S/C16H13BrClNO2/c17-13-6-10(5-12(7-13)16(20)21)9-19-4-3-11-1-2-14(18)8-15(11)19/h1-2,5-8H,3-4,9H2,(H,20,21). The summed E-state index contributed by atoms with van der Waals surface area (Å²) in [6.07, 6.45) is 0.992. The molecule has 1 N–H and O–H groups in total. The van der Waals surface area contributed by atoms with Gasteiger partial charge in [0.15, 0.2) is 0 Å². The van der Waals surface area contributed by atoms with Crippen LogP contribution in [0.2, 0.25) is 5.02 Å². The van der Waals surface area contributed by atoms with Crippen LogP contribution in [0.4, 0.5) is 5.69 Å². The van der Waals surface area contributed by atoms with Gasteiger partial charge in [-0.2, -0.15) is 0 Å². The summed E-state index contributed by atoms with van der Waals surface area (Å²) >= 11 is 9.44. The molecule has 0 unspecified atom stereocenters. The summed E-state index contributed by atoms with van der Waals surface area (Å²) in [7, 11) is 0. The zero-order valence-electron chi connectivity index (χ0n) is 11.1. The molecule has 108 valence electrons. The van der Waals surface area contributed by atoms with Gasteiger partial charge in [-0.25, -0.2) is 4.79 Å². The molecule has 0 fully saturated rings. The van der Waals surface area contributed by atoms with E-state index in [1.54, 1.807) is 12.1 Å². The Balaban J connectivity index is 1.89. The van der Waals surface area contributed by atoms with Gasteiger partial charge in [-0.05, 0) is 47.9 Å². The third-order valence-electron chi connectivity index (χ3n) is 3.62. The lowest BCUT2D eigenvalue weighted by Gasteiger charge is -2.20. The topological polar surface area (TPSA) is 40.5 Å². The van der Waals surface area contributed by atoms with E-state index in [1.807, 2.05) is 18.2 Å². The highest BCUT2D eigenvalue weighted by molar-refractivity contribution is 9.10. The summed E-state index contributed by atoms with van der Waals surface area (Å²) < 4.78 is 0.780. The number of rotatable bonds is 3. The first-order valence-corrected chi connectivity index (χ1v) is 7.76. The van der Waals surface area contributed by atoms with Crippen LogP contribution in [0.25, 0.3) is 0 Å². The van der Waals surface area contributed by atoms with Crippen molar-refractivity contribution in [2.24, 2.45) is 0 Å². The number of benzene rings is 2. The first kappa shape index (κ1) is 14.4. The van der Waals surface area contributed by atoms with Crippen molar-refractivity contribution >= 4 is 39.2 Å². The fraction of sp³-hybridized carbons (Fsp3) is 0.188. The van der Waals surface area contributed by atoms with Crippen LogP contribution in [0.15, 0.2) is 40.9 Å². The highest BCUT2D eigenvalue weighted by atomic mass is 79.9. The third-order valence-corrected chi connectivity index (χ3v) is 4.31. The number of halogens is 2. The van der Waals surface area contributed by atoms with Crippen LogP contribution in [0.3, 0.4) is 0 Å². The normalized spacial score (nSPS) is 13.3. The van der Waals surface area contributed by atoms with E-state index in [0.29, 0.717) is 12.1 Å². The molecule has 2 aromatic carbocycles. The number of carboxylic acids is 1. The van der Waals surface area contributed by atoms with Crippen LogP contribution in [0.1, 0.15) is 21.5 Å². The van der Waals surface area contributed by atoms with E-state index in [0.717, 1.165) is 33.7 Å². The SMILES string of the molecule is O=C(O)c1cc(Br)cc(CN2CCc3ccc(Cl)cc32)c1. The average Bonchev–Trinajstić information content (AvgIpc) is 2.80. The van der Waals surface area contributed by atoms with Gasteiger partial charge in [0.2, 0.25) is 0 Å². The largest absolute Gasteiger partial charge is 0.478 e. The molecule has 1 aliphatic heterocycles. The predicted octanol–water partition coefficient (Wildman–Crippen LogP) is 4.36. The molecule has 0 atom stereocenters. The summed E-state index contributed by atoms with van der Waals surface area (Å²) in [6, 6.07) is 11.2. The van der Waals surface area contributed by atoms with E-state index in [2.05, 4.69) is 26.9 Å². The van der Waals surface area contributed by atoms with Gasteiger partial charge >= 0.3 is 5.97 Å². The average molecular weight is 367 g/mol. The van der Waals surface area contributed by atoms with Crippen LogP contribution < -0.4 is 4.90 Å². The maximum atomic E-state index is 11.1. The second-order valence-electron chi connectivity index (χ2n) is 5.10. The third kappa shape index (κ3) is 3.06. The van der Waals surface area contributed by atoms with Crippen molar-refractivity contribution < 1.29 is 9.90 Å². The number of fused-ring (bicyclic) bond motifs is 1. The minimum absolute atomic E-state index is 0.296. The van der Waals surface area contributed by atoms with Crippen LogP contribution >= 0.6 is 27.5 Å². The molecule has 0 aliphatic carbocycles. The molecule has 0 aromatic heterocycles. The quantitative estimate of drug-likeness (QED) is 0.877. The Morgan fingerprint density at radius 2 is 2.10 bits per heavy atom. The molecule has 1 aliphatic rings. The maximum Gasteiger partial charge on any atom is 0.335 e. The number of hydrogen-bond acceptors (Lipinski definition) is 2. The van der Waals surface area contributed by atoms with Gasteiger partial charge in [-0.3, -0.25) is 0 Å². The van der Waals surface area contributed by atoms with Crippen LogP contribution in [-0.2, 0) is 13.0 Å². The van der Waals surface area contributed by atoms with Gasteiger partial charge in [0.05, 0.1) is 5.56 Å². The summed E-state index contributed by atoms with van der Waals surface area (Å²) in [5, 5.41) is 9.86. The summed E-state index contributed by atoms with van der Waals surface area (Å²) in [5.74, 6) is -0.914. The Kier molecular flexibility index (Phi) is 3.91. The van der Waals surface area contributed by atoms with Gasteiger partial charge < -0.3 is 10.0 Å². The van der Waals surface area contributed by atoms with E-state index in [9.17, 15) is 4.79 Å². The fourth-order valence-electron chi connectivity index (χ4n) is 2.67. The Morgan fingerprint density at radius 1 is 1.29 bits per heavy atom. The van der Waals surface area contributed by atoms with E-state index < -0.39 is 5.97 Å². The number of aromatic carboxylic acids is 1. The first-order valence-electron chi connectivity index (χ1n) is 6.59. The smallest absolute Gasteiger partial charge is 0.335 e. The van der Waals surface area contributed by atoms with Gasteiger partial charge in [0.25, 0.3) is 0 Å². The van der Waals surface area contributed by atoms with Crippen LogP contribution in [0, 0.1) is 0 Å². The monoisotopic (exact) mass is 365 g/mol. The second-order valence-corrected chi connectivity index (χ2v) is 6.45. The van der Waals surface area contributed by atoms with Crippen LogP contribution in [0.5, 0.6) is 0 Å². The highest BCUT2D eigenvalue weighted by Gasteiger charge is 2.20. The number of carboxylic acid groups (broad SMARTS) is 1. The van der Waals surface area contributed by atoms with E-state index >= 15 is 0 Å². The molecule has 0 saturated heterocycles. The number of carbonyl (C=O) groups is 1. The molecule has 0 amide bonds. The van der Waals surface area contributed by atoms with E-state index in [4.69, 9.17) is 16.7 Å². The highest BCUT2D eigenvalue weighted by Crippen LogP contribution is 2.32. The van der Waals surface area contributed by atoms with Crippen LogP contribution in [-0.4, -0.2) is 17.6 Å². The Labute approximate surface area is 136 Å². The lowest BCUT2D eigenvalue weighted by molar-refractivity contribution is 0.0696. The van der Waals surface area contributed by atoms with Crippen molar-refractivity contribution in [2.75, 3.05) is 11.4 Å². The molecule has 0 saturated carbocycles. The first-order chi connectivity index (χ1) is 10.0. The van der Waals surface area contributed by atoms with Gasteiger partial charge in [0, 0.05) is 28.3 Å². The summed E-state index contributed by atoms with van der Waals surface area (Å²) in [6.45, 7) is 1.59. The lowest BCUT2D eigenvalue weighted by Crippen LogP contribution is -2.19. The number of hydrogen-bond donors (Lipinski definition) is 1. The Hall–Kier alpha value is -1.52. The maximum absolute atomic E-state index is 11.1. The molecule has 0 radical (unpaired) electrons. The minimum atomic E-state index is -0.914. The van der Waals surface area contributed by atoms with Crippen molar-refractivity contribution in [3.8, 4) is 0 Å². The summed E-state index contributed by atoms with van der Waals surface area (Å²) in [4.78, 5) is 13.4. The molecular formula is C16H13BrClNO2. The molecule has 0 bridgehead atoms. The fourth-order valence-corrected chi connectivity index (χ4v) is 3.38. The molecule has 21 heavy (non-hydrogen) atoms. The molecular weight excluding hydrogens is 354 g/mol. The molecule has 0 spiro atoms. The second kappa shape index (κ2) is 5.70. The van der Waals surface area contributed by atoms with Gasteiger partial charge in [0.1, 0.15) is 0 Å². The lowest BCUT2D eigenvalue weighted by atomic mass is 10.1. The van der Waals surface area contributed by atoms with Crippen molar-refractivity contribution in [1.29, 1.82) is 0 Å². The predicted molar refractivity (Wildman–Crippen MR) is 87.3 cm³/mol. The molecule has 3 nitrogen and oxygen atoms in total. The zero-order valence-corrected chi connectivity index (χ0v) is 13.5. The van der Waals surface area contributed by atoms with Crippen molar-refractivity contribution in [3.05, 3.63) is 62.6 Å². The molecule has 2 aromatic rings. The van der Waals surface area contributed by atoms with E-state index in [1.165, 1.54) is 5.56 Å². The Morgan fingerprint density at radius 3 is 2.86 bits per heavy atom. The molecule has 3 rings (SSSR count). The Bertz CT molecular complexity index is 717. The number of nitrogens with zero attached hydrogens (tertiary/aromatic N) is 1. The minimum Gasteiger partial charge on any atom is -0.478 e. The number of anilines is 1. The summed E-state index contributed by atoms with van der Waals surface area (Å²) in [5.41, 5.74) is 3.69. The zero-order chi connectivity index (χ0) is 15.0. The molecule has 5 heteroatoms.